The summed E-state index contributed by atoms with van der Waals surface area (Å²) < 4.78 is 26.7. The lowest BCUT2D eigenvalue weighted by Gasteiger charge is -2.20. The Balaban J connectivity index is 2.40. The number of nitrogens with zero attached hydrogens (tertiary/aromatic N) is 2. The van der Waals surface area contributed by atoms with Crippen molar-refractivity contribution in [2.75, 3.05) is 13.1 Å². The van der Waals surface area contributed by atoms with E-state index in [2.05, 4.69) is 10.2 Å². The van der Waals surface area contributed by atoms with E-state index in [1.165, 1.54) is 0 Å². The van der Waals surface area contributed by atoms with Crippen LogP contribution in [0.25, 0.3) is 10.9 Å². The van der Waals surface area contributed by atoms with Crippen molar-refractivity contribution in [2.24, 2.45) is 0 Å². The van der Waals surface area contributed by atoms with Crippen molar-refractivity contribution >= 4 is 20.9 Å². The zero-order valence-corrected chi connectivity index (χ0v) is 12.1. The fourth-order valence-corrected chi connectivity index (χ4v) is 3.74. The van der Waals surface area contributed by atoms with Crippen LogP contribution in [0.4, 0.5) is 0 Å². The third kappa shape index (κ3) is 2.79. The number of fused-ring (bicyclic) bond motifs is 1. The SMILES string of the molecule is CCCN(CCC)S(=O)(=O)c1ccc2[nH]ncc2c1. The van der Waals surface area contributed by atoms with Gasteiger partial charge in [0.2, 0.25) is 10.0 Å². The minimum atomic E-state index is -3.40. The van der Waals surface area contributed by atoms with Gasteiger partial charge < -0.3 is 0 Å². The zero-order chi connectivity index (χ0) is 13.9. The Morgan fingerprint density at radius 2 is 1.89 bits per heavy atom. The molecule has 0 fully saturated rings. The van der Waals surface area contributed by atoms with E-state index in [9.17, 15) is 8.42 Å². The third-order valence-corrected chi connectivity index (χ3v) is 4.89. The van der Waals surface area contributed by atoms with Gasteiger partial charge in [-0.1, -0.05) is 13.8 Å². The molecule has 1 aromatic carbocycles. The van der Waals surface area contributed by atoms with E-state index in [1.807, 2.05) is 13.8 Å². The van der Waals surface area contributed by atoms with Crippen LogP contribution in [0.5, 0.6) is 0 Å². The van der Waals surface area contributed by atoms with E-state index in [-0.39, 0.29) is 0 Å². The van der Waals surface area contributed by atoms with Gasteiger partial charge in [0.05, 0.1) is 16.6 Å². The monoisotopic (exact) mass is 281 g/mol. The number of rotatable bonds is 6. The molecule has 104 valence electrons. The van der Waals surface area contributed by atoms with Crippen LogP contribution in [-0.2, 0) is 10.0 Å². The van der Waals surface area contributed by atoms with Crippen molar-refractivity contribution in [1.29, 1.82) is 0 Å². The molecule has 0 bridgehead atoms. The second-order valence-corrected chi connectivity index (χ2v) is 6.46. The lowest BCUT2D eigenvalue weighted by Crippen LogP contribution is -2.32. The first-order valence-electron chi connectivity index (χ1n) is 6.53. The van der Waals surface area contributed by atoms with Crippen molar-refractivity contribution in [3.05, 3.63) is 24.4 Å². The van der Waals surface area contributed by atoms with Gasteiger partial charge in [0.15, 0.2) is 0 Å². The number of hydrogen-bond donors (Lipinski definition) is 1. The van der Waals surface area contributed by atoms with Crippen molar-refractivity contribution < 1.29 is 8.42 Å². The van der Waals surface area contributed by atoms with Crippen LogP contribution < -0.4 is 0 Å². The van der Waals surface area contributed by atoms with Gasteiger partial charge >= 0.3 is 0 Å². The molecular formula is C13H19N3O2S. The minimum absolute atomic E-state index is 0.336. The molecule has 0 saturated heterocycles. The van der Waals surface area contributed by atoms with Crippen molar-refractivity contribution in [3.8, 4) is 0 Å². The predicted octanol–water partition coefficient (Wildman–Crippen LogP) is 2.37. The predicted molar refractivity (Wildman–Crippen MR) is 75.4 cm³/mol. The van der Waals surface area contributed by atoms with Crippen LogP contribution in [0.15, 0.2) is 29.3 Å². The summed E-state index contributed by atoms with van der Waals surface area (Å²) in [4.78, 5) is 0.336. The average Bonchev–Trinajstić information content (AvgIpc) is 2.85. The maximum atomic E-state index is 12.6. The Bertz CT molecular complexity index is 643. The van der Waals surface area contributed by atoms with Crippen LogP contribution in [-0.4, -0.2) is 36.0 Å². The third-order valence-electron chi connectivity index (χ3n) is 3.00. The summed E-state index contributed by atoms with van der Waals surface area (Å²) in [5.74, 6) is 0. The average molecular weight is 281 g/mol. The standard InChI is InChI=1S/C13H19N3O2S/c1-3-7-16(8-4-2)19(17,18)12-5-6-13-11(9-12)10-14-15-13/h5-6,9-10H,3-4,7-8H2,1-2H3,(H,14,15). The zero-order valence-electron chi connectivity index (χ0n) is 11.3. The van der Waals surface area contributed by atoms with Crippen LogP contribution in [0.3, 0.4) is 0 Å². The molecule has 0 saturated carbocycles. The largest absolute Gasteiger partial charge is 0.278 e. The van der Waals surface area contributed by atoms with E-state index < -0.39 is 10.0 Å². The summed E-state index contributed by atoms with van der Waals surface area (Å²) in [5, 5.41) is 7.54. The molecule has 2 rings (SSSR count). The fraction of sp³-hybridized carbons (Fsp3) is 0.462. The summed E-state index contributed by atoms with van der Waals surface area (Å²) in [7, 11) is -3.40. The Labute approximate surface area is 113 Å². The smallest absolute Gasteiger partial charge is 0.243 e. The van der Waals surface area contributed by atoms with E-state index >= 15 is 0 Å². The molecular weight excluding hydrogens is 262 g/mol. The van der Waals surface area contributed by atoms with Gasteiger partial charge in [-0.2, -0.15) is 9.40 Å². The highest BCUT2D eigenvalue weighted by Crippen LogP contribution is 2.21. The van der Waals surface area contributed by atoms with E-state index in [0.29, 0.717) is 18.0 Å². The molecule has 0 aliphatic rings. The summed E-state index contributed by atoms with van der Waals surface area (Å²) in [5.41, 5.74) is 0.844. The first kappa shape index (κ1) is 14.0. The molecule has 0 radical (unpaired) electrons. The molecule has 0 aliphatic carbocycles. The minimum Gasteiger partial charge on any atom is -0.278 e. The van der Waals surface area contributed by atoms with Crippen LogP contribution in [0.2, 0.25) is 0 Å². The van der Waals surface area contributed by atoms with Gasteiger partial charge in [-0.25, -0.2) is 8.42 Å². The molecule has 0 spiro atoms. The Hall–Kier alpha value is -1.40. The molecule has 1 N–H and O–H groups in total. The van der Waals surface area contributed by atoms with Gasteiger partial charge in [0.25, 0.3) is 0 Å². The quantitative estimate of drug-likeness (QED) is 0.884. The Morgan fingerprint density at radius 3 is 2.53 bits per heavy atom. The van der Waals surface area contributed by atoms with E-state index in [4.69, 9.17) is 0 Å². The van der Waals surface area contributed by atoms with Gasteiger partial charge in [-0.15, -0.1) is 0 Å². The number of aromatic nitrogens is 2. The lowest BCUT2D eigenvalue weighted by molar-refractivity contribution is 0.410. The van der Waals surface area contributed by atoms with Gasteiger partial charge in [0.1, 0.15) is 0 Å². The van der Waals surface area contributed by atoms with Gasteiger partial charge in [-0.3, -0.25) is 5.10 Å². The van der Waals surface area contributed by atoms with E-state index in [1.54, 1.807) is 28.7 Å². The van der Waals surface area contributed by atoms with Crippen LogP contribution >= 0.6 is 0 Å². The number of H-pyrrole nitrogens is 1. The summed E-state index contributed by atoms with van der Waals surface area (Å²) in [6.07, 6.45) is 3.26. The molecule has 5 nitrogen and oxygen atoms in total. The lowest BCUT2D eigenvalue weighted by atomic mass is 10.3. The topological polar surface area (TPSA) is 66.1 Å². The highest BCUT2D eigenvalue weighted by molar-refractivity contribution is 7.89. The Kier molecular flexibility index (Phi) is 4.21. The van der Waals surface area contributed by atoms with Crippen LogP contribution in [0.1, 0.15) is 26.7 Å². The highest BCUT2D eigenvalue weighted by Gasteiger charge is 2.23. The number of nitrogens with one attached hydrogen (secondary N) is 1. The summed E-state index contributed by atoms with van der Waals surface area (Å²) >= 11 is 0. The molecule has 1 heterocycles. The second kappa shape index (κ2) is 5.71. The molecule has 0 aliphatic heterocycles. The molecule has 0 atom stereocenters. The maximum Gasteiger partial charge on any atom is 0.243 e. The number of sulfonamides is 1. The van der Waals surface area contributed by atoms with Crippen molar-refractivity contribution in [3.63, 3.8) is 0 Å². The first-order chi connectivity index (χ1) is 9.09. The van der Waals surface area contributed by atoms with Gasteiger partial charge in [-0.05, 0) is 31.0 Å². The van der Waals surface area contributed by atoms with Gasteiger partial charge in [0, 0.05) is 18.5 Å². The van der Waals surface area contributed by atoms with Crippen LogP contribution in [0, 0.1) is 0 Å². The van der Waals surface area contributed by atoms with Crippen molar-refractivity contribution in [1.82, 2.24) is 14.5 Å². The van der Waals surface area contributed by atoms with Crippen molar-refractivity contribution in [2.45, 2.75) is 31.6 Å². The molecule has 1 aromatic heterocycles. The second-order valence-electron chi connectivity index (χ2n) is 4.52. The number of hydrogen-bond acceptors (Lipinski definition) is 3. The molecule has 6 heteroatoms. The summed E-state index contributed by atoms with van der Waals surface area (Å²) in [6, 6.07) is 5.06. The first-order valence-corrected chi connectivity index (χ1v) is 7.97. The number of aromatic amines is 1. The summed E-state index contributed by atoms with van der Waals surface area (Å²) in [6.45, 7) is 5.08. The Morgan fingerprint density at radius 1 is 1.21 bits per heavy atom. The normalized spacial score (nSPS) is 12.4. The maximum absolute atomic E-state index is 12.6. The molecule has 0 amide bonds. The molecule has 0 unspecified atom stereocenters. The number of benzene rings is 1. The molecule has 19 heavy (non-hydrogen) atoms. The fourth-order valence-electron chi connectivity index (χ4n) is 2.08. The molecule has 2 aromatic rings. The van der Waals surface area contributed by atoms with E-state index in [0.717, 1.165) is 23.7 Å². The highest BCUT2D eigenvalue weighted by atomic mass is 32.2.